The Balaban J connectivity index is 1.81. The molecule has 1 aliphatic carbocycles. The van der Waals surface area contributed by atoms with E-state index >= 15 is 0 Å². The summed E-state index contributed by atoms with van der Waals surface area (Å²) >= 11 is 0. The molecule has 5 atom stereocenters. The van der Waals surface area contributed by atoms with E-state index in [1.165, 1.54) is 0 Å². The maximum Gasteiger partial charge on any atom is 0.252 e. The van der Waals surface area contributed by atoms with Gasteiger partial charge in [0.2, 0.25) is 6.79 Å². The lowest BCUT2D eigenvalue weighted by atomic mass is 9.69. The van der Waals surface area contributed by atoms with Crippen molar-refractivity contribution in [1.82, 2.24) is 5.32 Å². The lowest BCUT2D eigenvalue weighted by molar-refractivity contribution is -0.124. The van der Waals surface area contributed by atoms with Gasteiger partial charge in [0.05, 0.1) is 12.1 Å². The highest BCUT2D eigenvalue weighted by Gasteiger charge is 2.48. The van der Waals surface area contributed by atoms with E-state index in [-0.39, 0.29) is 18.6 Å². The fourth-order valence-electron chi connectivity index (χ4n) is 3.62. The van der Waals surface area contributed by atoms with E-state index in [0.29, 0.717) is 29.8 Å². The van der Waals surface area contributed by atoms with Gasteiger partial charge in [-0.2, -0.15) is 0 Å². The molecule has 1 amide bonds. The summed E-state index contributed by atoms with van der Waals surface area (Å²) in [6.07, 6.45) is -1.34. The lowest BCUT2D eigenvalue weighted by Crippen LogP contribution is -2.60. The number of benzene rings is 1. The zero-order valence-electron chi connectivity index (χ0n) is 11.6. The van der Waals surface area contributed by atoms with Gasteiger partial charge in [-0.3, -0.25) is 4.79 Å². The number of fused-ring (bicyclic) bond motifs is 4. The van der Waals surface area contributed by atoms with Crippen molar-refractivity contribution in [2.45, 2.75) is 30.6 Å². The molecule has 1 fully saturated rings. The maximum absolute atomic E-state index is 12.3. The number of aldehydes is 1. The van der Waals surface area contributed by atoms with Gasteiger partial charge in [0.1, 0.15) is 12.4 Å². The molecule has 0 bridgehead atoms. The van der Waals surface area contributed by atoms with Crippen LogP contribution in [0.4, 0.5) is 0 Å². The van der Waals surface area contributed by atoms with Gasteiger partial charge >= 0.3 is 0 Å². The Bertz CT molecular complexity index is 660. The fourth-order valence-corrected chi connectivity index (χ4v) is 3.62. The molecule has 7 heteroatoms. The minimum Gasteiger partial charge on any atom is -0.454 e. The van der Waals surface area contributed by atoms with Crippen LogP contribution >= 0.6 is 0 Å². The van der Waals surface area contributed by atoms with Crippen LogP contribution in [-0.2, 0) is 4.79 Å². The minimum atomic E-state index is -1.18. The molecule has 4 rings (SSSR count). The molecular formula is C15H15NO6. The standard InChI is InChI=1S/C15H15NO6/c17-4-6-1-8-7-2-10-11(22-5-21-10)3-9(7)15(20)16-12(8)14(19)13(6)18/h2-4,6,8,12-14,18-19H,1,5H2,(H,16,20)/t6-,8-,12-,13-,14+/m1/s1. The third-order valence-electron chi connectivity index (χ3n) is 4.78. The summed E-state index contributed by atoms with van der Waals surface area (Å²) in [7, 11) is 0. The number of rotatable bonds is 1. The van der Waals surface area contributed by atoms with Crippen LogP contribution in [0.25, 0.3) is 0 Å². The zero-order chi connectivity index (χ0) is 15.4. The Morgan fingerprint density at radius 3 is 2.64 bits per heavy atom. The molecular weight excluding hydrogens is 290 g/mol. The number of aliphatic hydroxyl groups is 2. The summed E-state index contributed by atoms with van der Waals surface area (Å²) in [6.45, 7) is 0.103. The van der Waals surface area contributed by atoms with Crippen molar-refractivity contribution in [3.05, 3.63) is 23.3 Å². The number of carbonyl (C=O) groups is 2. The highest BCUT2D eigenvalue weighted by Crippen LogP contribution is 2.44. The molecule has 0 aromatic heterocycles. The summed E-state index contributed by atoms with van der Waals surface area (Å²) in [6, 6.07) is 2.74. The summed E-state index contributed by atoms with van der Waals surface area (Å²) in [4.78, 5) is 23.4. The van der Waals surface area contributed by atoms with Crippen LogP contribution in [0.3, 0.4) is 0 Å². The van der Waals surface area contributed by atoms with E-state index in [2.05, 4.69) is 5.32 Å². The third-order valence-corrected chi connectivity index (χ3v) is 4.78. The molecule has 0 unspecified atom stereocenters. The van der Waals surface area contributed by atoms with E-state index < -0.39 is 24.2 Å². The van der Waals surface area contributed by atoms with Crippen LogP contribution in [0.15, 0.2) is 12.1 Å². The number of hydrogen-bond acceptors (Lipinski definition) is 6. The van der Waals surface area contributed by atoms with E-state index in [4.69, 9.17) is 9.47 Å². The molecule has 7 nitrogen and oxygen atoms in total. The summed E-state index contributed by atoms with van der Waals surface area (Å²) in [5.74, 6) is -0.183. The van der Waals surface area contributed by atoms with E-state index in [1.807, 2.05) is 0 Å². The largest absolute Gasteiger partial charge is 0.454 e. The Hall–Kier alpha value is -2.12. The van der Waals surface area contributed by atoms with Gasteiger partial charge in [0, 0.05) is 17.4 Å². The first-order chi connectivity index (χ1) is 10.6. The second kappa shape index (κ2) is 4.69. The monoisotopic (exact) mass is 305 g/mol. The Kier molecular flexibility index (Phi) is 2.88. The summed E-state index contributed by atoms with van der Waals surface area (Å²) in [5, 5.41) is 22.9. The van der Waals surface area contributed by atoms with Crippen molar-refractivity contribution in [2.75, 3.05) is 6.79 Å². The number of hydrogen-bond donors (Lipinski definition) is 3. The second-order valence-electron chi connectivity index (χ2n) is 5.92. The molecule has 1 aromatic carbocycles. The van der Waals surface area contributed by atoms with Crippen LogP contribution in [0.1, 0.15) is 28.3 Å². The summed E-state index contributed by atoms with van der Waals surface area (Å²) in [5.41, 5.74) is 1.18. The van der Waals surface area contributed by atoms with Crippen molar-refractivity contribution in [1.29, 1.82) is 0 Å². The average Bonchev–Trinajstić information content (AvgIpc) is 2.97. The van der Waals surface area contributed by atoms with Crippen LogP contribution in [0.2, 0.25) is 0 Å². The van der Waals surface area contributed by atoms with E-state index in [9.17, 15) is 19.8 Å². The molecule has 2 heterocycles. The Labute approximate surface area is 125 Å². The van der Waals surface area contributed by atoms with Crippen molar-refractivity contribution in [3.8, 4) is 11.5 Å². The Morgan fingerprint density at radius 1 is 1.18 bits per heavy atom. The first-order valence-electron chi connectivity index (χ1n) is 7.16. The average molecular weight is 305 g/mol. The fraction of sp³-hybridized carbons (Fsp3) is 0.467. The SMILES string of the molecule is O=C[C@H]1C[C@@H]2c3cc4c(cc3C(=O)N[C@H]2[C@H](O)[C@@H]1O)OCO4. The molecule has 0 spiro atoms. The molecule has 2 aliphatic heterocycles. The molecule has 22 heavy (non-hydrogen) atoms. The molecule has 1 saturated carbocycles. The highest BCUT2D eigenvalue weighted by molar-refractivity contribution is 5.98. The number of amides is 1. The molecule has 0 saturated heterocycles. The summed E-state index contributed by atoms with van der Waals surface area (Å²) < 4.78 is 10.6. The first kappa shape index (κ1) is 13.5. The van der Waals surface area contributed by atoms with Gasteiger partial charge in [0.25, 0.3) is 5.91 Å². The first-order valence-corrected chi connectivity index (χ1v) is 7.16. The van der Waals surface area contributed by atoms with E-state index in [0.717, 1.165) is 5.56 Å². The zero-order valence-corrected chi connectivity index (χ0v) is 11.6. The van der Waals surface area contributed by atoms with Gasteiger partial charge in [0.15, 0.2) is 11.5 Å². The number of aliphatic hydroxyl groups excluding tert-OH is 2. The van der Waals surface area contributed by atoms with Crippen LogP contribution in [0, 0.1) is 5.92 Å². The van der Waals surface area contributed by atoms with Crippen LogP contribution in [0.5, 0.6) is 11.5 Å². The molecule has 3 N–H and O–H groups in total. The normalized spacial score (nSPS) is 35.4. The number of nitrogens with one attached hydrogen (secondary N) is 1. The van der Waals surface area contributed by atoms with Gasteiger partial charge in [-0.25, -0.2) is 0 Å². The van der Waals surface area contributed by atoms with Gasteiger partial charge < -0.3 is 29.8 Å². The third kappa shape index (κ3) is 1.75. The molecule has 116 valence electrons. The van der Waals surface area contributed by atoms with E-state index in [1.54, 1.807) is 12.1 Å². The Morgan fingerprint density at radius 2 is 1.91 bits per heavy atom. The molecule has 0 radical (unpaired) electrons. The van der Waals surface area contributed by atoms with Crippen molar-refractivity contribution in [2.24, 2.45) is 5.92 Å². The van der Waals surface area contributed by atoms with Crippen molar-refractivity contribution >= 4 is 12.2 Å². The second-order valence-corrected chi connectivity index (χ2v) is 5.92. The van der Waals surface area contributed by atoms with Crippen LogP contribution < -0.4 is 14.8 Å². The smallest absolute Gasteiger partial charge is 0.252 e. The maximum atomic E-state index is 12.3. The minimum absolute atomic E-state index is 0.103. The number of carbonyl (C=O) groups excluding carboxylic acids is 2. The highest BCUT2D eigenvalue weighted by atomic mass is 16.7. The quantitative estimate of drug-likeness (QED) is 0.607. The predicted molar refractivity (Wildman–Crippen MR) is 72.7 cm³/mol. The lowest BCUT2D eigenvalue weighted by Gasteiger charge is -2.44. The number of ether oxygens (including phenoxy) is 2. The molecule has 1 aromatic rings. The van der Waals surface area contributed by atoms with Gasteiger partial charge in [-0.15, -0.1) is 0 Å². The van der Waals surface area contributed by atoms with Gasteiger partial charge in [-0.1, -0.05) is 0 Å². The van der Waals surface area contributed by atoms with Gasteiger partial charge in [-0.05, 0) is 24.1 Å². The van der Waals surface area contributed by atoms with Crippen molar-refractivity contribution < 1.29 is 29.3 Å². The predicted octanol–water partition coefficient (Wildman–Crippen LogP) is -0.449. The van der Waals surface area contributed by atoms with Crippen molar-refractivity contribution in [3.63, 3.8) is 0 Å². The topological polar surface area (TPSA) is 105 Å². The molecule has 3 aliphatic rings. The van der Waals surface area contributed by atoms with Crippen LogP contribution in [-0.4, -0.2) is 47.4 Å².